The predicted molar refractivity (Wildman–Crippen MR) is 76.8 cm³/mol. The van der Waals surface area contributed by atoms with Crippen LogP contribution in [0.3, 0.4) is 0 Å². The summed E-state index contributed by atoms with van der Waals surface area (Å²) in [6, 6.07) is 5.53. The Labute approximate surface area is 122 Å². The number of benzene rings is 1. The first-order valence-electron chi connectivity index (χ1n) is 6.27. The molecule has 1 saturated heterocycles. The van der Waals surface area contributed by atoms with Crippen LogP contribution in [-0.4, -0.2) is 23.9 Å². The summed E-state index contributed by atoms with van der Waals surface area (Å²) in [5, 5.41) is 1.38. The number of carbonyl (C=O) groups excluding carboxylic acids is 1. The molecule has 1 fully saturated rings. The van der Waals surface area contributed by atoms with E-state index in [1.165, 1.54) is 0 Å². The summed E-state index contributed by atoms with van der Waals surface area (Å²) in [6.45, 7) is 2.41. The molecular weight excluding hydrogens is 285 g/mol. The SMILES string of the molecule is NNC(=O)C1CCN(Cc2c(Cl)cccc2Cl)CC1. The van der Waals surface area contributed by atoms with Gasteiger partial charge in [-0.2, -0.15) is 0 Å². The quantitative estimate of drug-likeness (QED) is 0.511. The van der Waals surface area contributed by atoms with E-state index in [0.29, 0.717) is 10.0 Å². The lowest BCUT2D eigenvalue weighted by atomic mass is 9.96. The Hall–Kier alpha value is -0.810. The Kier molecular flexibility index (Phi) is 5.05. The maximum absolute atomic E-state index is 11.4. The number of nitrogens with one attached hydrogen (secondary N) is 1. The van der Waals surface area contributed by atoms with Gasteiger partial charge in [0.05, 0.1) is 0 Å². The average molecular weight is 302 g/mol. The molecule has 1 aromatic carbocycles. The highest BCUT2D eigenvalue weighted by Crippen LogP contribution is 2.27. The molecule has 0 atom stereocenters. The third-order valence-electron chi connectivity index (χ3n) is 3.54. The van der Waals surface area contributed by atoms with E-state index >= 15 is 0 Å². The fourth-order valence-corrected chi connectivity index (χ4v) is 2.90. The number of piperidine rings is 1. The Morgan fingerprint density at radius 1 is 1.32 bits per heavy atom. The van der Waals surface area contributed by atoms with Crippen molar-refractivity contribution in [1.82, 2.24) is 10.3 Å². The van der Waals surface area contributed by atoms with E-state index in [4.69, 9.17) is 29.0 Å². The van der Waals surface area contributed by atoms with Crippen LogP contribution in [0.15, 0.2) is 18.2 Å². The third-order valence-corrected chi connectivity index (χ3v) is 4.25. The molecule has 0 spiro atoms. The highest BCUT2D eigenvalue weighted by atomic mass is 35.5. The minimum atomic E-state index is -0.0737. The number of hydrazine groups is 1. The minimum absolute atomic E-state index is 0.0166. The van der Waals surface area contributed by atoms with Gasteiger partial charge in [0.15, 0.2) is 0 Å². The molecule has 1 amide bonds. The lowest BCUT2D eigenvalue weighted by Crippen LogP contribution is -2.42. The Morgan fingerprint density at radius 2 is 1.89 bits per heavy atom. The molecule has 1 heterocycles. The number of nitrogens with two attached hydrogens (primary N) is 1. The van der Waals surface area contributed by atoms with Gasteiger partial charge in [0.2, 0.25) is 5.91 Å². The number of hydrogen-bond acceptors (Lipinski definition) is 3. The van der Waals surface area contributed by atoms with Crippen LogP contribution in [0.25, 0.3) is 0 Å². The summed E-state index contributed by atoms with van der Waals surface area (Å²) in [7, 11) is 0. The van der Waals surface area contributed by atoms with Crippen molar-refractivity contribution in [3.63, 3.8) is 0 Å². The second-order valence-electron chi connectivity index (χ2n) is 4.76. The van der Waals surface area contributed by atoms with Crippen molar-refractivity contribution in [2.45, 2.75) is 19.4 Å². The van der Waals surface area contributed by atoms with Crippen LogP contribution in [0, 0.1) is 5.92 Å². The van der Waals surface area contributed by atoms with Gasteiger partial charge in [0.1, 0.15) is 0 Å². The maximum Gasteiger partial charge on any atom is 0.237 e. The van der Waals surface area contributed by atoms with E-state index in [2.05, 4.69) is 10.3 Å². The fourth-order valence-electron chi connectivity index (χ4n) is 2.38. The van der Waals surface area contributed by atoms with Crippen LogP contribution in [0.4, 0.5) is 0 Å². The highest BCUT2D eigenvalue weighted by Gasteiger charge is 2.25. The van der Waals surface area contributed by atoms with Gasteiger partial charge in [-0.15, -0.1) is 0 Å². The first kappa shape index (κ1) is 14.6. The Morgan fingerprint density at radius 3 is 2.42 bits per heavy atom. The van der Waals surface area contributed by atoms with Crippen molar-refractivity contribution in [1.29, 1.82) is 0 Å². The number of likely N-dealkylation sites (tertiary alicyclic amines) is 1. The van der Waals surface area contributed by atoms with Crippen LogP contribution in [0.2, 0.25) is 10.0 Å². The molecule has 104 valence electrons. The molecule has 19 heavy (non-hydrogen) atoms. The molecule has 3 N–H and O–H groups in total. The summed E-state index contributed by atoms with van der Waals surface area (Å²) in [6.07, 6.45) is 1.62. The zero-order valence-corrected chi connectivity index (χ0v) is 12.0. The molecule has 0 aromatic heterocycles. The first-order valence-corrected chi connectivity index (χ1v) is 7.03. The van der Waals surface area contributed by atoms with Crippen molar-refractivity contribution in [2.24, 2.45) is 11.8 Å². The average Bonchev–Trinajstić information content (AvgIpc) is 2.43. The van der Waals surface area contributed by atoms with Crippen LogP contribution in [0.1, 0.15) is 18.4 Å². The van der Waals surface area contributed by atoms with Crippen molar-refractivity contribution >= 4 is 29.1 Å². The summed E-state index contributed by atoms with van der Waals surface area (Å²) < 4.78 is 0. The number of nitrogens with zero attached hydrogens (tertiary/aromatic N) is 1. The van der Waals surface area contributed by atoms with Gasteiger partial charge in [0, 0.05) is 28.1 Å². The molecule has 0 aliphatic carbocycles. The Balaban J connectivity index is 1.94. The number of halogens is 2. The van der Waals surface area contributed by atoms with Crippen LogP contribution in [0.5, 0.6) is 0 Å². The van der Waals surface area contributed by atoms with Gasteiger partial charge in [-0.05, 0) is 38.1 Å². The number of rotatable bonds is 3. The second-order valence-corrected chi connectivity index (χ2v) is 5.57. The highest BCUT2D eigenvalue weighted by molar-refractivity contribution is 6.35. The van der Waals surface area contributed by atoms with Crippen LogP contribution in [-0.2, 0) is 11.3 Å². The first-order chi connectivity index (χ1) is 9.11. The normalized spacial score (nSPS) is 17.4. The molecule has 6 heteroatoms. The van der Waals surface area contributed by atoms with Gasteiger partial charge in [-0.1, -0.05) is 29.3 Å². The van der Waals surface area contributed by atoms with E-state index in [0.717, 1.165) is 38.0 Å². The fraction of sp³-hybridized carbons (Fsp3) is 0.462. The standard InChI is InChI=1S/C13H17Cl2N3O/c14-11-2-1-3-12(15)10(11)8-18-6-4-9(5-7-18)13(19)17-16/h1-3,9H,4-8,16H2,(H,17,19). The van der Waals surface area contributed by atoms with E-state index < -0.39 is 0 Å². The zero-order valence-electron chi connectivity index (χ0n) is 10.5. The van der Waals surface area contributed by atoms with Crippen molar-refractivity contribution < 1.29 is 4.79 Å². The summed E-state index contributed by atoms with van der Waals surface area (Å²) in [4.78, 5) is 13.7. The van der Waals surface area contributed by atoms with Crippen molar-refractivity contribution in [3.8, 4) is 0 Å². The molecule has 0 unspecified atom stereocenters. The Bertz CT molecular complexity index is 439. The minimum Gasteiger partial charge on any atom is -0.299 e. The molecule has 0 bridgehead atoms. The number of amides is 1. The van der Waals surface area contributed by atoms with Gasteiger partial charge in [0.25, 0.3) is 0 Å². The second kappa shape index (κ2) is 6.57. The van der Waals surface area contributed by atoms with Gasteiger partial charge >= 0.3 is 0 Å². The molecule has 1 aromatic rings. The number of hydrogen-bond donors (Lipinski definition) is 2. The summed E-state index contributed by atoms with van der Waals surface area (Å²) in [5.41, 5.74) is 3.17. The molecule has 4 nitrogen and oxygen atoms in total. The van der Waals surface area contributed by atoms with Crippen molar-refractivity contribution in [3.05, 3.63) is 33.8 Å². The van der Waals surface area contributed by atoms with Gasteiger partial charge < -0.3 is 0 Å². The summed E-state index contributed by atoms with van der Waals surface area (Å²) in [5.74, 6) is 5.10. The van der Waals surface area contributed by atoms with Crippen molar-refractivity contribution in [2.75, 3.05) is 13.1 Å². The molecule has 2 rings (SSSR count). The van der Waals surface area contributed by atoms with E-state index in [-0.39, 0.29) is 11.8 Å². The van der Waals surface area contributed by atoms with E-state index in [1.807, 2.05) is 18.2 Å². The summed E-state index contributed by atoms with van der Waals surface area (Å²) >= 11 is 12.3. The molecule has 1 aliphatic heterocycles. The van der Waals surface area contributed by atoms with E-state index in [9.17, 15) is 4.79 Å². The molecule has 1 aliphatic rings. The van der Waals surface area contributed by atoms with Crippen LogP contribution >= 0.6 is 23.2 Å². The molecule has 0 saturated carbocycles. The van der Waals surface area contributed by atoms with E-state index in [1.54, 1.807) is 0 Å². The van der Waals surface area contributed by atoms with Gasteiger partial charge in [-0.25, -0.2) is 5.84 Å². The smallest absolute Gasteiger partial charge is 0.237 e. The van der Waals surface area contributed by atoms with Gasteiger partial charge in [-0.3, -0.25) is 15.1 Å². The maximum atomic E-state index is 11.4. The zero-order chi connectivity index (χ0) is 13.8. The molecule has 0 radical (unpaired) electrons. The lowest BCUT2D eigenvalue weighted by molar-refractivity contribution is -0.126. The predicted octanol–water partition coefficient (Wildman–Crippen LogP) is 2.20. The monoisotopic (exact) mass is 301 g/mol. The topological polar surface area (TPSA) is 58.4 Å². The lowest BCUT2D eigenvalue weighted by Gasteiger charge is -2.31. The molecular formula is C13H17Cl2N3O. The largest absolute Gasteiger partial charge is 0.299 e. The third kappa shape index (κ3) is 3.60. The number of carbonyl (C=O) groups is 1. The van der Waals surface area contributed by atoms with Crippen LogP contribution < -0.4 is 11.3 Å².